The van der Waals surface area contributed by atoms with E-state index < -0.39 is 0 Å². The second kappa shape index (κ2) is 5.98. The smallest absolute Gasteiger partial charge is 0.123 e. The highest BCUT2D eigenvalue weighted by Gasteiger charge is 2.11. The van der Waals surface area contributed by atoms with Crippen LogP contribution in [0.5, 0.6) is 0 Å². The van der Waals surface area contributed by atoms with Crippen molar-refractivity contribution in [1.82, 2.24) is 0 Å². The maximum absolute atomic E-state index is 13.3. The van der Waals surface area contributed by atoms with Crippen molar-refractivity contribution >= 4 is 0 Å². The standard InChI is InChI=1S/C17H20FN/c1-12-6-7-14(8-13(12)2)9-16(11-19)15-4-3-5-17(18)10-15/h3-8,10,16H,9,11,19H2,1-2H3. The topological polar surface area (TPSA) is 26.0 Å². The lowest BCUT2D eigenvalue weighted by Gasteiger charge is -2.16. The monoisotopic (exact) mass is 257 g/mol. The van der Waals surface area contributed by atoms with E-state index in [9.17, 15) is 4.39 Å². The van der Waals surface area contributed by atoms with Gasteiger partial charge in [0.05, 0.1) is 0 Å². The van der Waals surface area contributed by atoms with Gasteiger partial charge in [-0.05, 0) is 61.2 Å². The summed E-state index contributed by atoms with van der Waals surface area (Å²) in [6, 6.07) is 13.2. The SMILES string of the molecule is Cc1ccc(CC(CN)c2cccc(F)c2)cc1C. The molecule has 0 amide bonds. The van der Waals surface area contributed by atoms with Crippen molar-refractivity contribution in [1.29, 1.82) is 0 Å². The molecule has 0 aliphatic carbocycles. The van der Waals surface area contributed by atoms with Crippen LogP contribution in [-0.4, -0.2) is 6.54 Å². The minimum atomic E-state index is -0.198. The normalized spacial score (nSPS) is 12.4. The Bertz CT molecular complexity index is 563. The Morgan fingerprint density at radius 1 is 1.05 bits per heavy atom. The zero-order valence-corrected chi connectivity index (χ0v) is 11.5. The van der Waals surface area contributed by atoms with Crippen LogP contribution in [0, 0.1) is 19.7 Å². The number of nitrogens with two attached hydrogens (primary N) is 1. The van der Waals surface area contributed by atoms with E-state index in [1.807, 2.05) is 6.07 Å². The van der Waals surface area contributed by atoms with Crippen LogP contribution in [0.25, 0.3) is 0 Å². The maximum Gasteiger partial charge on any atom is 0.123 e. The van der Waals surface area contributed by atoms with Crippen molar-refractivity contribution in [3.63, 3.8) is 0 Å². The van der Waals surface area contributed by atoms with Crippen LogP contribution >= 0.6 is 0 Å². The molecule has 19 heavy (non-hydrogen) atoms. The molecule has 2 N–H and O–H groups in total. The first-order valence-electron chi connectivity index (χ1n) is 6.62. The van der Waals surface area contributed by atoms with E-state index in [0.717, 1.165) is 12.0 Å². The highest BCUT2D eigenvalue weighted by Crippen LogP contribution is 2.22. The van der Waals surface area contributed by atoms with Gasteiger partial charge < -0.3 is 5.73 Å². The van der Waals surface area contributed by atoms with Crippen molar-refractivity contribution in [3.8, 4) is 0 Å². The van der Waals surface area contributed by atoms with Gasteiger partial charge in [0.1, 0.15) is 5.82 Å². The molecule has 0 aromatic heterocycles. The predicted molar refractivity (Wildman–Crippen MR) is 77.8 cm³/mol. The molecule has 0 spiro atoms. The summed E-state index contributed by atoms with van der Waals surface area (Å²) in [5.74, 6) is -0.0335. The number of rotatable bonds is 4. The molecule has 1 atom stereocenters. The van der Waals surface area contributed by atoms with Crippen LogP contribution in [-0.2, 0) is 6.42 Å². The van der Waals surface area contributed by atoms with E-state index in [-0.39, 0.29) is 11.7 Å². The summed E-state index contributed by atoms with van der Waals surface area (Å²) in [7, 11) is 0. The zero-order chi connectivity index (χ0) is 13.8. The number of aryl methyl sites for hydroxylation is 2. The van der Waals surface area contributed by atoms with E-state index in [2.05, 4.69) is 32.0 Å². The molecule has 1 nitrogen and oxygen atoms in total. The quantitative estimate of drug-likeness (QED) is 0.887. The van der Waals surface area contributed by atoms with Crippen molar-refractivity contribution in [2.75, 3.05) is 6.54 Å². The van der Waals surface area contributed by atoms with E-state index in [1.54, 1.807) is 12.1 Å². The van der Waals surface area contributed by atoms with Crippen LogP contribution < -0.4 is 5.73 Å². The van der Waals surface area contributed by atoms with Crippen LogP contribution in [0.3, 0.4) is 0 Å². The molecule has 0 radical (unpaired) electrons. The molecular weight excluding hydrogens is 237 g/mol. The molecule has 0 saturated carbocycles. The Balaban J connectivity index is 2.21. The van der Waals surface area contributed by atoms with Crippen molar-refractivity contribution in [2.24, 2.45) is 5.73 Å². The molecule has 0 bridgehead atoms. The summed E-state index contributed by atoms with van der Waals surface area (Å²) in [4.78, 5) is 0. The number of benzene rings is 2. The van der Waals surface area contributed by atoms with Gasteiger partial charge in [-0.2, -0.15) is 0 Å². The summed E-state index contributed by atoms with van der Waals surface area (Å²) in [6.07, 6.45) is 0.848. The molecule has 100 valence electrons. The molecule has 0 aliphatic rings. The van der Waals surface area contributed by atoms with Gasteiger partial charge in [-0.15, -0.1) is 0 Å². The molecular formula is C17H20FN. The average molecular weight is 257 g/mol. The van der Waals surface area contributed by atoms with Crippen LogP contribution in [0.4, 0.5) is 4.39 Å². The second-order valence-corrected chi connectivity index (χ2v) is 5.11. The van der Waals surface area contributed by atoms with Gasteiger partial charge in [-0.1, -0.05) is 30.3 Å². The lowest BCUT2D eigenvalue weighted by atomic mass is 9.91. The summed E-state index contributed by atoms with van der Waals surface area (Å²) >= 11 is 0. The Labute approximate surface area is 114 Å². The molecule has 0 heterocycles. The number of hydrogen-bond donors (Lipinski definition) is 1. The fourth-order valence-corrected chi connectivity index (χ4v) is 2.31. The molecule has 2 aromatic rings. The van der Waals surface area contributed by atoms with Crippen molar-refractivity contribution in [3.05, 3.63) is 70.5 Å². The van der Waals surface area contributed by atoms with E-state index in [1.165, 1.54) is 22.8 Å². The predicted octanol–water partition coefficient (Wildman–Crippen LogP) is 3.73. The van der Waals surface area contributed by atoms with Gasteiger partial charge in [0.15, 0.2) is 0 Å². The molecule has 0 aliphatic heterocycles. The average Bonchev–Trinajstić information content (AvgIpc) is 2.40. The first kappa shape index (κ1) is 13.8. The van der Waals surface area contributed by atoms with Gasteiger partial charge in [-0.25, -0.2) is 4.39 Å². The lowest BCUT2D eigenvalue weighted by molar-refractivity contribution is 0.616. The fourth-order valence-electron chi connectivity index (χ4n) is 2.31. The number of halogens is 1. The third-order valence-corrected chi connectivity index (χ3v) is 3.66. The first-order chi connectivity index (χ1) is 9.10. The molecule has 2 rings (SSSR count). The largest absolute Gasteiger partial charge is 0.330 e. The minimum absolute atomic E-state index is 0.165. The first-order valence-corrected chi connectivity index (χ1v) is 6.62. The van der Waals surface area contributed by atoms with E-state index >= 15 is 0 Å². The Hall–Kier alpha value is -1.67. The van der Waals surface area contributed by atoms with Crippen molar-refractivity contribution < 1.29 is 4.39 Å². The van der Waals surface area contributed by atoms with Crippen LogP contribution in [0.2, 0.25) is 0 Å². The van der Waals surface area contributed by atoms with Crippen molar-refractivity contribution in [2.45, 2.75) is 26.2 Å². The molecule has 0 fully saturated rings. The Morgan fingerprint density at radius 2 is 1.84 bits per heavy atom. The second-order valence-electron chi connectivity index (χ2n) is 5.11. The Morgan fingerprint density at radius 3 is 2.47 bits per heavy atom. The summed E-state index contributed by atoms with van der Waals surface area (Å²) in [6.45, 7) is 4.74. The lowest BCUT2D eigenvalue weighted by Crippen LogP contribution is -2.15. The van der Waals surface area contributed by atoms with E-state index in [0.29, 0.717) is 6.54 Å². The zero-order valence-electron chi connectivity index (χ0n) is 11.5. The highest BCUT2D eigenvalue weighted by molar-refractivity contribution is 5.32. The van der Waals surface area contributed by atoms with Crippen LogP contribution in [0.1, 0.15) is 28.2 Å². The molecule has 2 heteroatoms. The molecule has 2 aromatic carbocycles. The Kier molecular flexibility index (Phi) is 4.33. The van der Waals surface area contributed by atoms with Gasteiger partial charge >= 0.3 is 0 Å². The molecule has 0 saturated heterocycles. The molecule has 1 unspecified atom stereocenters. The van der Waals surface area contributed by atoms with Gasteiger partial charge in [-0.3, -0.25) is 0 Å². The maximum atomic E-state index is 13.3. The third kappa shape index (κ3) is 3.42. The summed E-state index contributed by atoms with van der Waals surface area (Å²) in [5.41, 5.74) is 10.6. The van der Waals surface area contributed by atoms with E-state index in [4.69, 9.17) is 5.73 Å². The summed E-state index contributed by atoms with van der Waals surface area (Å²) < 4.78 is 13.3. The fraction of sp³-hybridized carbons (Fsp3) is 0.294. The van der Waals surface area contributed by atoms with Gasteiger partial charge in [0.25, 0.3) is 0 Å². The van der Waals surface area contributed by atoms with Gasteiger partial charge in [0, 0.05) is 5.92 Å². The van der Waals surface area contributed by atoms with Crippen LogP contribution in [0.15, 0.2) is 42.5 Å². The summed E-state index contributed by atoms with van der Waals surface area (Å²) in [5, 5.41) is 0. The number of hydrogen-bond acceptors (Lipinski definition) is 1. The highest BCUT2D eigenvalue weighted by atomic mass is 19.1. The van der Waals surface area contributed by atoms with Gasteiger partial charge in [0.2, 0.25) is 0 Å². The third-order valence-electron chi connectivity index (χ3n) is 3.66. The minimum Gasteiger partial charge on any atom is -0.330 e.